The van der Waals surface area contributed by atoms with Gasteiger partial charge in [-0.25, -0.2) is 8.42 Å². The molecule has 1 saturated carbocycles. The number of benzene rings is 2. The van der Waals surface area contributed by atoms with Crippen LogP contribution in [0.5, 0.6) is 5.75 Å². The summed E-state index contributed by atoms with van der Waals surface area (Å²) in [6, 6.07) is 10.7. The number of nitrogens with one attached hydrogen (secondary N) is 1. The van der Waals surface area contributed by atoms with E-state index in [1.165, 1.54) is 18.3 Å². The van der Waals surface area contributed by atoms with E-state index in [9.17, 15) is 18.0 Å². The summed E-state index contributed by atoms with van der Waals surface area (Å²) in [6.45, 7) is 7.97. The van der Waals surface area contributed by atoms with Crippen molar-refractivity contribution < 1.29 is 22.7 Å². The SMILES string of the molecule is CCN(CC)S(=O)(=O)c1cc(-c2ccc3c(c2)NC[C@@](C)(C(=O)C2CCC2)N3C(C)=O)ccc1OC. The summed E-state index contributed by atoms with van der Waals surface area (Å²) in [5.41, 5.74) is 1.93. The molecule has 0 aromatic heterocycles. The number of Topliss-reactive ketones (excluding diaryl/α,β-unsaturated/α-hetero) is 1. The molecule has 1 heterocycles. The van der Waals surface area contributed by atoms with Crippen molar-refractivity contribution in [2.45, 2.75) is 57.4 Å². The molecule has 2 aromatic carbocycles. The number of hydrogen-bond acceptors (Lipinski definition) is 6. The first kappa shape index (κ1) is 26.2. The molecule has 1 fully saturated rings. The maximum absolute atomic E-state index is 13.3. The first-order chi connectivity index (χ1) is 17.1. The normalized spacial score (nSPS) is 19.9. The van der Waals surface area contributed by atoms with Crippen molar-refractivity contribution in [3.05, 3.63) is 36.4 Å². The minimum atomic E-state index is -3.74. The van der Waals surface area contributed by atoms with E-state index in [2.05, 4.69) is 5.32 Å². The van der Waals surface area contributed by atoms with Crippen molar-refractivity contribution in [2.75, 3.05) is 37.0 Å². The molecule has 194 valence electrons. The molecule has 0 saturated heterocycles. The topological polar surface area (TPSA) is 96.0 Å². The van der Waals surface area contributed by atoms with Gasteiger partial charge in [0.2, 0.25) is 15.9 Å². The number of nitrogens with zero attached hydrogens (tertiary/aromatic N) is 2. The van der Waals surface area contributed by atoms with E-state index >= 15 is 0 Å². The number of ketones is 1. The molecular formula is C27H35N3O5S. The van der Waals surface area contributed by atoms with E-state index in [1.54, 1.807) is 30.9 Å². The quantitative estimate of drug-likeness (QED) is 0.566. The molecule has 1 aliphatic carbocycles. The highest BCUT2D eigenvalue weighted by molar-refractivity contribution is 7.89. The second-order valence-electron chi connectivity index (χ2n) is 9.66. The van der Waals surface area contributed by atoms with Gasteiger partial charge in [0.1, 0.15) is 16.2 Å². The van der Waals surface area contributed by atoms with Crippen LogP contribution in [0.15, 0.2) is 41.3 Å². The zero-order valence-corrected chi connectivity index (χ0v) is 22.4. The van der Waals surface area contributed by atoms with Gasteiger partial charge < -0.3 is 10.1 Å². The van der Waals surface area contributed by atoms with Crippen LogP contribution in [-0.2, 0) is 19.6 Å². The van der Waals surface area contributed by atoms with E-state index in [0.29, 0.717) is 30.9 Å². The van der Waals surface area contributed by atoms with E-state index in [1.807, 2.05) is 31.2 Å². The maximum Gasteiger partial charge on any atom is 0.246 e. The van der Waals surface area contributed by atoms with E-state index in [0.717, 1.165) is 30.5 Å². The Labute approximate surface area is 213 Å². The zero-order valence-electron chi connectivity index (χ0n) is 21.6. The Kier molecular flexibility index (Phi) is 7.16. The molecule has 0 bridgehead atoms. The van der Waals surface area contributed by atoms with Crippen LogP contribution < -0.4 is 15.0 Å². The molecule has 2 aromatic rings. The zero-order chi connectivity index (χ0) is 26.3. The first-order valence-corrected chi connectivity index (χ1v) is 13.9. The lowest BCUT2D eigenvalue weighted by molar-refractivity contribution is -0.132. The summed E-state index contributed by atoms with van der Waals surface area (Å²) in [5, 5.41) is 3.37. The Hall–Kier alpha value is -2.91. The van der Waals surface area contributed by atoms with Gasteiger partial charge in [0.05, 0.1) is 18.5 Å². The average Bonchev–Trinajstić information content (AvgIpc) is 2.82. The first-order valence-electron chi connectivity index (χ1n) is 12.5. The Morgan fingerprint density at radius 1 is 1.11 bits per heavy atom. The molecule has 0 spiro atoms. The number of amides is 1. The summed E-state index contributed by atoms with van der Waals surface area (Å²) < 4.78 is 33.3. The van der Waals surface area contributed by atoms with Gasteiger partial charge in [-0.05, 0) is 55.2 Å². The maximum atomic E-state index is 13.3. The van der Waals surface area contributed by atoms with Gasteiger partial charge in [-0.1, -0.05) is 32.4 Å². The van der Waals surface area contributed by atoms with Gasteiger partial charge in [-0.15, -0.1) is 0 Å². The minimum Gasteiger partial charge on any atom is -0.495 e. The number of ether oxygens (including phenoxy) is 1. The number of hydrogen-bond donors (Lipinski definition) is 1. The number of carbonyl (C=O) groups excluding carboxylic acids is 2. The lowest BCUT2D eigenvalue weighted by Gasteiger charge is -2.47. The lowest BCUT2D eigenvalue weighted by Crippen LogP contribution is -2.63. The second-order valence-corrected chi connectivity index (χ2v) is 11.6. The Morgan fingerprint density at radius 2 is 1.75 bits per heavy atom. The average molecular weight is 514 g/mol. The summed E-state index contributed by atoms with van der Waals surface area (Å²) >= 11 is 0. The Morgan fingerprint density at radius 3 is 2.31 bits per heavy atom. The molecule has 4 rings (SSSR count). The van der Waals surface area contributed by atoms with Crippen molar-refractivity contribution in [1.82, 2.24) is 4.31 Å². The molecule has 2 aliphatic rings. The molecule has 1 amide bonds. The number of carbonyl (C=O) groups is 2. The molecule has 36 heavy (non-hydrogen) atoms. The standard InChI is InChI=1S/C27H35N3O5S/c1-6-29(7-2)36(33,34)25-16-21(12-14-24(25)35-5)20-11-13-23-22(15-20)28-17-27(4,30(23)18(3)31)26(32)19-9-8-10-19/h11-16,19,28H,6-10,17H2,1-5H3/t27-/m0/s1. The van der Waals surface area contributed by atoms with Crippen LogP contribution in [-0.4, -0.2) is 56.7 Å². The van der Waals surface area contributed by atoms with Crippen LogP contribution in [0.3, 0.4) is 0 Å². The van der Waals surface area contributed by atoms with Gasteiger partial charge in [0.25, 0.3) is 0 Å². The number of methoxy groups -OCH3 is 1. The molecule has 1 aliphatic heterocycles. The number of anilines is 2. The highest BCUT2D eigenvalue weighted by Crippen LogP contribution is 2.43. The van der Waals surface area contributed by atoms with Gasteiger partial charge in [-0.2, -0.15) is 4.31 Å². The van der Waals surface area contributed by atoms with Crippen LogP contribution in [0.4, 0.5) is 11.4 Å². The molecule has 0 unspecified atom stereocenters. The predicted molar refractivity (Wildman–Crippen MR) is 141 cm³/mol. The van der Waals surface area contributed by atoms with Crippen molar-refractivity contribution >= 4 is 33.1 Å². The van der Waals surface area contributed by atoms with E-state index < -0.39 is 15.6 Å². The van der Waals surface area contributed by atoms with Crippen molar-refractivity contribution in [3.8, 4) is 16.9 Å². The fraction of sp³-hybridized carbons (Fsp3) is 0.481. The van der Waals surface area contributed by atoms with E-state index in [4.69, 9.17) is 4.74 Å². The van der Waals surface area contributed by atoms with Crippen LogP contribution >= 0.6 is 0 Å². The largest absolute Gasteiger partial charge is 0.495 e. The number of rotatable bonds is 8. The minimum absolute atomic E-state index is 0.00458. The van der Waals surface area contributed by atoms with Crippen LogP contribution in [0.2, 0.25) is 0 Å². The molecule has 9 heteroatoms. The monoisotopic (exact) mass is 513 g/mol. The molecule has 0 radical (unpaired) electrons. The fourth-order valence-corrected chi connectivity index (χ4v) is 6.89. The molecular weight excluding hydrogens is 478 g/mol. The van der Waals surface area contributed by atoms with Crippen LogP contribution in [0.1, 0.15) is 47.0 Å². The Balaban J connectivity index is 1.75. The third-order valence-electron chi connectivity index (χ3n) is 7.50. The van der Waals surface area contributed by atoms with Gasteiger partial charge >= 0.3 is 0 Å². The van der Waals surface area contributed by atoms with Crippen LogP contribution in [0, 0.1) is 5.92 Å². The highest BCUT2D eigenvalue weighted by atomic mass is 32.2. The van der Waals surface area contributed by atoms with Gasteiger partial charge in [-0.3, -0.25) is 14.5 Å². The third-order valence-corrected chi connectivity index (χ3v) is 9.57. The summed E-state index contributed by atoms with van der Waals surface area (Å²) in [6.07, 6.45) is 2.80. The summed E-state index contributed by atoms with van der Waals surface area (Å²) in [4.78, 5) is 27.8. The molecule has 1 atom stereocenters. The summed E-state index contributed by atoms with van der Waals surface area (Å²) in [5.74, 6) is 0.213. The lowest BCUT2D eigenvalue weighted by atomic mass is 9.73. The van der Waals surface area contributed by atoms with Gasteiger partial charge in [0.15, 0.2) is 5.78 Å². The van der Waals surface area contributed by atoms with Crippen molar-refractivity contribution in [3.63, 3.8) is 0 Å². The number of fused-ring (bicyclic) bond motifs is 1. The summed E-state index contributed by atoms with van der Waals surface area (Å²) in [7, 11) is -2.28. The Bertz CT molecular complexity index is 1280. The third kappa shape index (κ3) is 4.28. The van der Waals surface area contributed by atoms with Crippen molar-refractivity contribution in [1.29, 1.82) is 0 Å². The molecule has 8 nitrogen and oxygen atoms in total. The molecule has 1 N–H and O–H groups in total. The van der Waals surface area contributed by atoms with Crippen LogP contribution in [0.25, 0.3) is 11.1 Å². The number of sulfonamides is 1. The van der Waals surface area contributed by atoms with Crippen molar-refractivity contribution in [2.24, 2.45) is 5.92 Å². The van der Waals surface area contributed by atoms with Gasteiger partial charge in [0, 0.05) is 32.5 Å². The smallest absolute Gasteiger partial charge is 0.246 e. The van der Waals surface area contributed by atoms with E-state index in [-0.39, 0.29) is 28.3 Å². The fourth-order valence-electron chi connectivity index (χ4n) is 5.25. The predicted octanol–water partition coefficient (Wildman–Crippen LogP) is 4.30. The second kappa shape index (κ2) is 9.86. The highest BCUT2D eigenvalue weighted by Gasteiger charge is 2.48.